The average Bonchev–Trinajstić information content (AvgIpc) is 2.32. The maximum atomic E-state index is 5.56. The van der Waals surface area contributed by atoms with Gasteiger partial charge in [-0.3, -0.25) is 0 Å². The van der Waals surface area contributed by atoms with Gasteiger partial charge >= 0.3 is 0 Å². The fraction of sp³-hybridized carbons (Fsp3) is 0.214. The van der Waals surface area contributed by atoms with Crippen LogP contribution in [0, 0.1) is 13.8 Å². The molecule has 0 atom stereocenters. The zero-order valence-corrected chi connectivity index (χ0v) is 10.9. The minimum atomic E-state index is 0.570. The molecule has 0 radical (unpaired) electrons. The van der Waals surface area contributed by atoms with E-state index in [1.165, 1.54) is 16.7 Å². The van der Waals surface area contributed by atoms with Crippen LogP contribution in [0.4, 0.5) is 5.82 Å². The van der Waals surface area contributed by atoms with Crippen LogP contribution in [0.15, 0.2) is 41.4 Å². The minimum absolute atomic E-state index is 0.570. The zero-order valence-electron chi connectivity index (χ0n) is 10.1. The molecule has 0 aliphatic carbocycles. The van der Waals surface area contributed by atoms with Crippen LogP contribution in [0.25, 0.3) is 0 Å². The Kier molecular flexibility index (Phi) is 3.69. The number of aromatic nitrogens is 1. The molecule has 0 fully saturated rings. The van der Waals surface area contributed by atoms with E-state index in [-0.39, 0.29) is 0 Å². The number of nitrogens with zero attached hydrogens (tertiary/aromatic N) is 1. The van der Waals surface area contributed by atoms with Crippen molar-refractivity contribution in [2.45, 2.75) is 24.5 Å². The monoisotopic (exact) mass is 244 g/mol. The van der Waals surface area contributed by atoms with Crippen molar-refractivity contribution in [3.8, 4) is 0 Å². The number of aryl methyl sites for hydroxylation is 2. The molecule has 0 amide bonds. The predicted octanol–water partition coefficient (Wildman–Crippen LogP) is 3.57. The fourth-order valence-corrected chi connectivity index (χ4v) is 2.52. The maximum absolute atomic E-state index is 5.56. The van der Waals surface area contributed by atoms with Gasteiger partial charge in [0.25, 0.3) is 0 Å². The first-order valence-corrected chi connectivity index (χ1v) is 6.54. The first-order valence-electron chi connectivity index (χ1n) is 5.55. The summed E-state index contributed by atoms with van der Waals surface area (Å²) in [6.45, 7) is 4.27. The van der Waals surface area contributed by atoms with Crippen LogP contribution >= 0.6 is 11.8 Å². The number of anilines is 1. The molecule has 0 aliphatic rings. The Bertz CT molecular complexity index is 506. The van der Waals surface area contributed by atoms with Gasteiger partial charge in [-0.15, -0.1) is 11.8 Å². The Balaban J connectivity index is 2.07. The molecule has 1 heterocycles. The van der Waals surface area contributed by atoms with Gasteiger partial charge in [-0.2, -0.15) is 0 Å². The third kappa shape index (κ3) is 3.24. The highest BCUT2D eigenvalue weighted by molar-refractivity contribution is 7.98. The highest BCUT2D eigenvalue weighted by atomic mass is 32.2. The van der Waals surface area contributed by atoms with Gasteiger partial charge in [0.1, 0.15) is 5.82 Å². The summed E-state index contributed by atoms with van der Waals surface area (Å²) in [7, 11) is 0. The number of hydrogen-bond donors (Lipinski definition) is 1. The van der Waals surface area contributed by atoms with Crippen LogP contribution in [0.2, 0.25) is 0 Å². The number of thioether (sulfide) groups is 1. The molecular weight excluding hydrogens is 228 g/mol. The highest BCUT2D eigenvalue weighted by Crippen LogP contribution is 2.24. The van der Waals surface area contributed by atoms with Crippen LogP contribution in [-0.4, -0.2) is 4.98 Å². The Hall–Kier alpha value is -1.48. The Morgan fingerprint density at radius 1 is 1.18 bits per heavy atom. The van der Waals surface area contributed by atoms with Crippen molar-refractivity contribution in [3.63, 3.8) is 0 Å². The molecule has 17 heavy (non-hydrogen) atoms. The van der Waals surface area contributed by atoms with Gasteiger partial charge < -0.3 is 5.73 Å². The lowest BCUT2D eigenvalue weighted by molar-refractivity contribution is 1.23. The van der Waals surface area contributed by atoms with E-state index in [0.29, 0.717) is 5.82 Å². The molecule has 0 aliphatic heterocycles. The first kappa shape index (κ1) is 12.0. The van der Waals surface area contributed by atoms with Gasteiger partial charge in [0.2, 0.25) is 0 Å². The maximum Gasteiger partial charge on any atom is 0.123 e. The molecular formula is C14H16N2S. The van der Waals surface area contributed by atoms with Gasteiger partial charge in [-0.05, 0) is 37.1 Å². The van der Waals surface area contributed by atoms with E-state index < -0.39 is 0 Å². The topological polar surface area (TPSA) is 38.9 Å². The Morgan fingerprint density at radius 3 is 2.71 bits per heavy atom. The van der Waals surface area contributed by atoms with E-state index in [2.05, 4.69) is 37.0 Å². The van der Waals surface area contributed by atoms with Crippen LogP contribution in [-0.2, 0) is 5.75 Å². The van der Waals surface area contributed by atoms with E-state index in [9.17, 15) is 0 Å². The van der Waals surface area contributed by atoms with Gasteiger partial charge in [0.05, 0.1) is 0 Å². The smallest absolute Gasteiger partial charge is 0.123 e. The van der Waals surface area contributed by atoms with Gasteiger partial charge in [-0.25, -0.2) is 4.98 Å². The average molecular weight is 244 g/mol. The lowest BCUT2D eigenvalue weighted by atomic mass is 10.1. The van der Waals surface area contributed by atoms with Crippen molar-refractivity contribution in [2.24, 2.45) is 0 Å². The number of benzene rings is 1. The summed E-state index contributed by atoms with van der Waals surface area (Å²) >= 11 is 1.79. The van der Waals surface area contributed by atoms with Crippen molar-refractivity contribution in [1.82, 2.24) is 4.98 Å². The summed E-state index contributed by atoms with van der Waals surface area (Å²) in [5.74, 6) is 1.54. The summed E-state index contributed by atoms with van der Waals surface area (Å²) in [6, 6.07) is 10.4. The summed E-state index contributed by atoms with van der Waals surface area (Å²) in [6.07, 6.45) is 1.82. The Labute approximate surface area is 106 Å². The molecule has 2 aromatic rings. The van der Waals surface area contributed by atoms with Crippen molar-refractivity contribution in [2.75, 3.05) is 5.73 Å². The minimum Gasteiger partial charge on any atom is -0.384 e. The number of nitrogens with two attached hydrogens (primary N) is 1. The molecule has 0 saturated heterocycles. The van der Waals surface area contributed by atoms with Crippen LogP contribution in [0.3, 0.4) is 0 Å². The number of rotatable bonds is 3. The SMILES string of the molecule is Cc1ccc(C)c(CSc2ccc(N)nc2)c1. The molecule has 2 N–H and O–H groups in total. The number of hydrogen-bond acceptors (Lipinski definition) is 3. The predicted molar refractivity (Wildman–Crippen MR) is 74.1 cm³/mol. The third-order valence-electron chi connectivity index (χ3n) is 2.66. The van der Waals surface area contributed by atoms with E-state index in [1.54, 1.807) is 11.8 Å². The summed E-state index contributed by atoms with van der Waals surface area (Å²) in [4.78, 5) is 5.24. The van der Waals surface area contributed by atoms with Crippen molar-refractivity contribution in [3.05, 3.63) is 53.2 Å². The summed E-state index contributed by atoms with van der Waals surface area (Å²) in [5, 5.41) is 0. The molecule has 2 nitrogen and oxygen atoms in total. The largest absolute Gasteiger partial charge is 0.384 e. The normalized spacial score (nSPS) is 10.5. The third-order valence-corrected chi connectivity index (χ3v) is 3.69. The van der Waals surface area contributed by atoms with Crippen LogP contribution in [0.1, 0.15) is 16.7 Å². The van der Waals surface area contributed by atoms with Crippen molar-refractivity contribution in [1.29, 1.82) is 0 Å². The van der Waals surface area contributed by atoms with E-state index in [1.807, 2.05) is 18.3 Å². The molecule has 1 aromatic carbocycles. The second-order valence-corrected chi connectivity index (χ2v) is 5.19. The lowest BCUT2D eigenvalue weighted by Gasteiger charge is -2.07. The van der Waals surface area contributed by atoms with Crippen LogP contribution in [0.5, 0.6) is 0 Å². The lowest BCUT2D eigenvalue weighted by Crippen LogP contribution is -1.90. The standard InChI is InChI=1S/C14H16N2S/c1-10-3-4-11(2)12(7-10)9-17-13-5-6-14(15)16-8-13/h3-8H,9H2,1-2H3,(H2,15,16). The van der Waals surface area contributed by atoms with E-state index in [4.69, 9.17) is 5.73 Å². The molecule has 3 heteroatoms. The van der Waals surface area contributed by atoms with Gasteiger partial charge in [0, 0.05) is 16.8 Å². The van der Waals surface area contributed by atoms with Crippen molar-refractivity contribution >= 4 is 17.6 Å². The van der Waals surface area contributed by atoms with Crippen LogP contribution < -0.4 is 5.73 Å². The zero-order chi connectivity index (χ0) is 12.3. The second-order valence-electron chi connectivity index (χ2n) is 4.14. The molecule has 1 aromatic heterocycles. The highest BCUT2D eigenvalue weighted by Gasteiger charge is 2.01. The number of nitrogen functional groups attached to an aromatic ring is 1. The molecule has 0 unspecified atom stereocenters. The summed E-state index contributed by atoms with van der Waals surface area (Å²) in [5.41, 5.74) is 9.59. The van der Waals surface area contributed by atoms with Crippen molar-refractivity contribution < 1.29 is 0 Å². The number of pyridine rings is 1. The van der Waals surface area contributed by atoms with Gasteiger partial charge in [0.15, 0.2) is 0 Å². The second kappa shape index (κ2) is 5.23. The summed E-state index contributed by atoms with van der Waals surface area (Å²) < 4.78 is 0. The van der Waals surface area contributed by atoms with E-state index in [0.717, 1.165) is 10.6 Å². The first-order chi connectivity index (χ1) is 8.15. The molecule has 0 spiro atoms. The molecule has 0 saturated carbocycles. The van der Waals surface area contributed by atoms with Gasteiger partial charge in [-0.1, -0.05) is 23.8 Å². The molecule has 2 rings (SSSR count). The Morgan fingerprint density at radius 2 is 2.00 bits per heavy atom. The molecule has 88 valence electrons. The fourth-order valence-electron chi connectivity index (χ4n) is 1.59. The quantitative estimate of drug-likeness (QED) is 0.839. The molecule has 0 bridgehead atoms. The van der Waals surface area contributed by atoms with E-state index >= 15 is 0 Å².